The van der Waals surface area contributed by atoms with Crippen LogP contribution in [0.4, 0.5) is 5.95 Å². The monoisotopic (exact) mass is 478 g/mol. The molecule has 1 saturated heterocycles. The Bertz CT molecular complexity index is 1590. The highest BCUT2D eigenvalue weighted by molar-refractivity contribution is 5.96. The first-order valence-corrected chi connectivity index (χ1v) is 12.0. The lowest BCUT2D eigenvalue weighted by Crippen LogP contribution is -2.49. The zero-order chi connectivity index (χ0) is 24.6. The third-order valence-corrected chi connectivity index (χ3v) is 6.80. The number of methoxy groups -OCH3 is 1. The molecule has 1 aliphatic rings. The highest BCUT2D eigenvalue weighted by atomic mass is 16.5. The predicted octanol–water partition coefficient (Wildman–Crippen LogP) is 4.22. The first-order chi connectivity index (χ1) is 17.7. The molecule has 3 heterocycles. The molecule has 0 aliphatic carbocycles. The fourth-order valence-electron chi connectivity index (χ4n) is 4.87. The lowest BCUT2D eigenvalue weighted by Gasteiger charge is -2.36. The van der Waals surface area contributed by atoms with Crippen molar-refractivity contribution in [1.82, 2.24) is 24.5 Å². The number of rotatable bonds is 4. The molecule has 0 unspecified atom stereocenters. The second-order valence-corrected chi connectivity index (χ2v) is 8.91. The van der Waals surface area contributed by atoms with E-state index in [2.05, 4.69) is 15.1 Å². The third kappa shape index (κ3) is 3.62. The fraction of sp³-hybridized carbons (Fsp3) is 0.214. The van der Waals surface area contributed by atoms with Crippen LogP contribution in [0.1, 0.15) is 15.9 Å². The highest BCUT2D eigenvalue weighted by Crippen LogP contribution is 2.33. The summed E-state index contributed by atoms with van der Waals surface area (Å²) < 4.78 is 7.64. The molecule has 6 rings (SSSR count). The van der Waals surface area contributed by atoms with Crippen molar-refractivity contribution in [3.63, 3.8) is 0 Å². The van der Waals surface area contributed by atoms with Gasteiger partial charge < -0.3 is 14.5 Å². The second-order valence-electron chi connectivity index (χ2n) is 8.91. The maximum absolute atomic E-state index is 13.2. The minimum Gasteiger partial charge on any atom is -0.496 e. The van der Waals surface area contributed by atoms with Crippen molar-refractivity contribution < 1.29 is 9.53 Å². The van der Waals surface area contributed by atoms with Crippen molar-refractivity contribution >= 4 is 28.4 Å². The molecule has 5 aromatic rings. The average Bonchev–Trinajstić information content (AvgIpc) is 3.38. The number of fused-ring (bicyclic) bond motifs is 3. The lowest BCUT2D eigenvalue weighted by molar-refractivity contribution is 0.0745. The van der Waals surface area contributed by atoms with Gasteiger partial charge in [-0.25, -0.2) is 9.38 Å². The third-order valence-electron chi connectivity index (χ3n) is 6.80. The topological polar surface area (TPSA) is 75.9 Å². The summed E-state index contributed by atoms with van der Waals surface area (Å²) in [6.07, 6.45) is 0. The zero-order valence-corrected chi connectivity index (χ0v) is 20.3. The van der Waals surface area contributed by atoms with E-state index in [1.807, 2.05) is 89.0 Å². The molecule has 0 saturated carbocycles. The maximum atomic E-state index is 13.2. The number of ether oxygens (including phenoxy) is 1. The number of hydrogen-bond donors (Lipinski definition) is 0. The molecule has 8 heteroatoms. The SMILES string of the molecule is COc1ccccc1-c1nnc2c3ccccc3nc(N3CCN(C(=O)c4ccccc4C)CC3)n12. The smallest absolute Gasteiger partial charge is 0.254 e. The van der Waals surface area contributed by atoms with E-state index in [4.69, 9.17) is 9.72 Å². The van der Waals surface area contributed by atoms with Gasteiger partial charge in [-0.3, -0.25) is 4.79 Å². The van der Waals surface area contributed by atoms with Crippen molar-refractivity contribution in [1.29, 1.82) is 0 Å². The van der Waals surface area contributed by atoms with Gasteiger partial charge in [0.1, 0.15) is 5.75 Å². The number of hydrogen-bond acceptors (Lipinski definition) is 6. The van der Waals surface area contributed by atoms with Gasteiger partial charge in [0.25, 0.3) is 5.91 Å². The van der Waals surface area contributed by atoms with Crippen LogP contribution in [0.2, 0.25) is 0 Å². The number of para-hydroxylation sites is 2. The van der Waals surface area contributed by atoms with Crippen LogP contribution in [-0.4, -0.2) is 63.7 Å². The van der Waals surface area contributed by atoms with Crippen LogP contribution in [0.15, 0.2) is 72.8 Å². The summed E-state index contributed by atoms with van der Waals surface area (Å²) in [5, 5.41) is 10.1. The lowest BCUT2D eigenvalue weighted by atomic mass is 10.1. The molecular weight excluding hydrogens is 452 g/mol. The summed E-state index contributed by atoms with van der Waals surface area (Å²) in [7, 11) is 1.65. The van der Waals surface area contributed by atoms with E-state index in [1.165, 1.54) is 0 Å². The van der Waals surface area contributed by atoms with E-state index in [9.17, 15) is 4.79 Å². The van der Waals surface area contributed by atoms with E-state index in [0.717, 1.165) is 44.9 Å². The molecule has 1 fully saturated rings. The van der Waals surface area contributed by atoms with Crippen molar-refractivity contribution in [2.45, 2.75) is 6.92 Å². The van der Waals surface area contributed by atoms with Gasteiger partial charge in [-0.2, -0.15) is 0 Å². The van der Waals surface area contributed by atoms with Gasteiger partial charge in [0.15, 0.2) is 11.5 Å². The van der Waals surface area contributed by atoms with Crippen LogP contribution >= 0.6 is 0 Å². The predicted molar refractivity (Wildman–Crippen MR) is 140 cm³/mol. The minimum absolute atomic E-state index is 0.0726. The number of aryl methyl sites for hydroxylation is 1. The normalized spacial score (nSPS) is 13.9. The Morgan fingerprint density at radius 1 is 0.861 bits per heavy atom. The van der Waals surface area contributed by atoms with E-state index in [1.54, 1.807) is 7.11 Å². The molecule has 1 aliphatic heterocycles. The van der Waals surface area contributed by atoms with Crippen molar-refractivity contribution in [2.24, 2.45) is 0 Å². The van der Waals surface area contributed by atoms with Crippen LogP contribution in [0.5, 0.6) is 5.75 Å². The highest BCUT2D eigenvalue weighted by Gasteiger charge is 2.27. The molecule has 2 aromatic heterocycles. The molecule has 0 spiro atoms. The zero-order valence-electron chi connectivity index (χ0n) is 20.3. The Balaban J connectivity index is 1.41. The number of aromatic nitrogens is 4. The van der Waals surface area contributed by atoms with Crippen LogP contribution < -0.4 is 9.64 Å². The number of amides is 1. The summed E-state index contributed by atoms with van der Waals surface area (Å²) >= 11 is 0. The number of nitrogens with zero attached hydrogens (tertiary/aromatic N) is 6. The first-order valence-electron chi connectivity index (χ1n) is 12.0. The minimum atomic E-state index is 0.0726. The molecule has 36 heavy (non-hydrogen) atoms. The molecule has 180 valence electrons. The largest absolute Gasteiger partial charge is 0.496 e. The van der Waals surface area contributed by atoms with Gasteiger partial charge in [0.2, 0.25) is 5.95 Å². The summed E-state index contributed by atoms with van der Waals surface area (Å²) in [5.41, 5.74) is 4.20. The Morgan fingerprint density at radius 2 is 1.58 bits per heavy atom. The molecular formula is C28H26N6O2. The molecule has 8 nitrogen and oxygen atoms in total. The van der Waals surface area contributed by atoms with Crippen LogP contribution in [-0.2, 0) is 0 Å². The number of carbonyl (C=O) groups excluding carboxylic acids is 1. The van der Waals surface area contributed by atoms with E-state index in [-0.39, 0.29) is 5.91 Å². The van der Waals surface area contributed by atoms with E-state index >= 15 is 0 Å². The Kier molecular flexibility index (Phi) is 5.48. The summed E-state index contributed by atoms with van der Waals surface area (Å²) in [5.74, 6) is 2.23. The van der Waals surface area contributed by atoms with Gasteiger partial charge in [0, 0.05) is 37.1 Å². The number of anilines is 1. The summed E-state index contributed by atoms with van der Waals surface area (Å²) in [6.45, 7) is 4.50. The standard InChI is InChI=1S/C28H26N6O2/c1-19-9-3-4-10-20(19)27(35)32-15-17-33(18-16-32)28-29-23-13-7-5-11-21(23)25-30-31-26(34(25)28)22-12-6-8-14-24(22)36-2/h3-14H,15-18H2,1-2H3. The van der Waals surface area contributed by atoms with E-state index < -0.39 is 0 Å². The summed E-state index contributed by atoms with van der Waals surface area (Å²) in [4.78, 5) is 22.4. The number of piperazine rings is 1. The average molecular weight is 479 g/mol. The molecule has 0 radical (unpaired) electrons. The van der Waals surface area contributed by atoms with Gasteiger partial charge in [-0.15, -0.1) is 10.2 Å². The fourth-order valence-corrected chi connectivity index (χ4v) is 4.87. The molecule has 0 bridgehead atoms. The Labute approximate surface area is 208 Å². The molecule has 1 amide bonds. The van der Waals surface area contributed by atoms with Gasteiger partial charge in [0.05, 0.1) is 18.2 Å². The second kappa shape index (κ2) is 8.96. The Hall–Kier alpha value is -4.46. The van der Waals surface area contributed by atoms with Crippen molar-refractivity contribution in [2.75, 3.05) is 38.2 Å². The summed E-state index contributed by atoms with van der Waals surface area (Å²) in [6, 6.07) is 23.5. The molecule has 3 aromatic carbocycles. The quantitative estimate of drug-likeness (QED) is 0.385. The molecule has 0 atom stereocenters. The van der Waals surface area contributed by atoms with E-state index in [0.29, 0.717) is 32.0 Å². The maximum Gasteiger partial charge on any atom is 0.254 e. The van der Waals surface area contributed by atoms with Gasteiger partial charge in [-0.05, 0) is 42.8 Å². The molecule has 0 N–H and O–H groups in total. The van der Waals surface area contributed by atoms with Crippen molar-refractivity contribution in [3.8, 4) is 17.1 Å². The van der Waals surface area contributed by atoms with Crippen LogP contribution in [0.3, 0.4) is 0 Å². The Morgan fingerprint density at radius 3 is 2.39 bits per heavy atom. The van der Waals surface area contributed by atoms with Crippen LogP contribution in [0.25, 0.3) is 27.9 Å². The van der Waals surface area contributed by atoms with Gasteiger partial charge >= 0.3 is 0 Å². The van der Waals surface area contributed by atoms with Crippen molar-refractivity contribution in [3.05, 3.63) is 83.9 Å². The van der Waals surface area contributed by atoms with Gasteiger partial charge in [-0.1, -0.05) is 42.5 Å². The van der Waals surface area contributed by atoms with Crippen LogP contribution in [0, 0.1) is 6.92 Å². The number of benzene rings is 3. The number of carbonyl (C=O) groups is 1. The first kappa shape index (κ1) is 22.0.